The first-order valence-electron chi connectivity index (χ1n) is 9.32. The van der Waals surface area contributed by atoms with Gasteiger partial charge < -0.3 is 5.32 Å². The second-order valence-corrected chi connectivity index (χ2v) is 8.07. The normalized spacial score (nSPS) is 39.1. The lowest BCUT2D eigenvalue weighted by atomic mass is 9.62. The topological polar surface area (TPSA) is 12.0 Å². The minimum Gasteiger partial charge on any atom is -0.317 e. The molecule has 1 nitrogen and oxygen atoms in total. The average molecular weight is 280 g/mol. The average Bonchev–Trinajstić information content (AvgIpc) is 2.45. The number of hydrogen-bond acceptors (Lipinski definition) is 1. The summed E-state index contributed by atoms with van der Waals surface area (Å²) in [5.41, 5.74) is 0. The third-order valence-electron chi connectivity index (χ3n) is 6.35. The quantitative estimate of drug-likeness (QED) is 0.737. The molecule has 0 aromatic heterocycles. The fourth-order valence-electron chi connectivity index (χ4n) is 4.78. The van der Waals surface area contributed by atoms with Crippen LogP contribution in [0.25, 0.3) is 0 Å². The Bertz CT molecular complexity index is 260. The van der Waals surface area contributed by atoms with Gasteiger partial charge in [-0.3, -0.25) is 0 Å². The van der Waals surface area contributed by atoms with Gasteiger partial charge in [0.05, 0.1) is 0 Å². The molecule has 3 unspecified atom stereocenters. The zero-order chi connectivity index (χ0) is 14.5. The lowest BCUT2D eigenvalue weighted by molar-refractivity contribution is 0.0715. The third kappa shape index (κ3) is 4.23. The molecule has 2 aliphatic carbocycles. The molecule has 0 saturated heterocycles. The van der Waals surface area contributed by atoms with Crippen molar-refractivity contribution in [1.29, 1.82) is 0 Å². The van der Waals surface area contributed by atoms with Crippen LogP contribution in [0.4, 0.5) is 0 Å². The molecule has 1 heteroatoms. The Morgan fingerprint density at radius 1 is 1.00 bits per heavy atom. The molecule has 3 atom stereocenters. The number of rotatable bonds is 5. The summed E-state index contributed by atoms with van der Waals surface area (Å²) >= 11 is 0. The summed E-state index contributed by atoms with van der Waals surface area (Å²) < 4.78 is 0. The van der Waals surface area contributed by atoms with Crippen LogP contribution in [-0.2, 0) is 0 Å². The molecule has 1 N–H and O–H groups in total. The van der Waals surface area contributed by atoms with Crippen molar-refractivity contribution in [2.24, 2.45) is 35.5 Å². The van der Waals surface area contributed by atoms with Gasteiger partial charge in [0.15, 0.2) is 0 Å². The van der Waals surface area contributed by atoms with E-state index in [9.17, 15) is 0 Å². The molecule has 0 radical (unpaired) electrons. The molecular weight excluding hydrogens is 242 g/mol. The highest BCUT2D eigenvalue weighted by Gasteiger charge is 2.37. The first-order chi connectivity index (χ1) is 9.61. The van der Waals surface area contributed by atoms with Gasteiger partial charge in [0.25, 0.3) is 0 Å². The minimum atomic E-state index is 0.889. The van der Waals surface area contributed by atoms with E-state index in [2.05, 4.69) is 33.0 Å². The summed E-state index contributed by atoms with van der Waals surface area (Å²) in [4.78, 5) is 0. The van der Waals surface area contributed by atoms with Crippen molar-refractivity contribution in [2.75, 3.05) is 13.1 Å². The highest BCUT2D eigenvalue weighted by molar-refractivity contribution is 4.88. The van der Waals surface area contributed by atoms with E-state index in [1.165, 1.54) is 51.5 Å². The Balaban J connectivity index is 1.97. The summed E-state index contributed by atoms with van der Waals surface area (Å²) in [6, 6.07) is 0. The van der Waals surface area contributed by atoms with Crippen molar-refractivity contribution in [3.8, 4) is 0 Å². The van der Waals surface area contributed by atoms with E-state index in [-0.39, 0.29) is 0 Å². The van der Waals surface area contributed by atoms with E-state index in [1.807, 2.05) is 0 Å². The molecule has 2 saturated carbocycles. The van der Waals surface area contributed by atoms with Crippen LogP contribution in [0.2, 0.25) is 0 Å². The largest absolute Gasteiger partial charge is 0.317 e. The summed E-state index contributed by atoms with van der Waals surface area (Å²) in [5.74, 6) is 5.89. The second-order valence-electron chi connectivity index (χ2n) is 8.07. The van der Waals surface area contributed by atoms with Crippen molar-refractivity contribution in [3.63, 3.8) is 0 Å². The smallest absolute Gasteiger partial charge is 0.00179 e. The standard InChI is InChI=1S/C19H37N/c1-5-20-13-18-11-10-17(14(2)3)12-19(18)16-8-6-15(4)7-9-16/h14-20H,5-13H2,1-4H3. The van der Waals surface area contributed by atoms with Gasteiger partial charge in [0.2, 0.25) is 0 Å². The van der Waals surface area contributed by atoms with Crippen molar-refractivity contribution in [1.82, 2.24) is 5.32 Å². The maximum atomic E-state index is 3.64. The Kier molecular flexibility index (Phi) is 6.39. The molecule has 2 aliphatic rings. The third-order valence-corrected chi connectivity index (χ3v) is 6.35. The van der Waals surface area contributed by atoms with Gasteiger partial charge >= 0.3 is 0 Å². The molecule has 0 aromatic carbocycles. The van der Waals surface area contributed by atoms with Crippen molar-refractivity contribution in [2.45, 2.75) is 72.6 Å². The summed E-state index contributed by atoms with van der Waals surface area (Å²) in [5, 5.41) is 3.64. The van der Waals surface area contributed by atoms with Crippen LogP contribution in [0.5, 0.6) is 0 Å². The molecule has 118 valence electrons. The Morgan fingerprint density at radius 2 is 1.70 bits per heavy atom. The Morgan fingerprint density at radius 3 is 2.30 bits per heavy atom. The van der Waals surface area contributed by atoms with Gasteiger partial charge in [0, 0.05) is 0 Å². The highest BCUT2D eigenvalue weighted by Crippen LogP contribution is 2.45. The zero-order valence-corrected chi connectivity index (χ0v) is 14.3. The van der Waals surface area contributed by atoms with Gasteiger partial charge in [-0.25, -0.2) is 0 Å². The highest BCUT2D eigenvalue weighted by atomic mass is 14.8. The van der Waals surface area contributed by atoms with Gasteiger partial charge in [-0.1, -0.05) is 40.5 Å². The summed E-state index contributed by atoms with van der Waals surface area (Å²) in [7, 11) is 0. The van der Waals surface area contributed by atoms with E-state index < -0.39 is 0 Å². The molecule has 2 rings (SSSR count). The van der Waals surface area contributed by atoms with Crippen molar-refractivity contribution < 1.29 is 0 Å². The summed E-state index contributed by atoms with van der Waals surface area (Å²) in [6.45, 7) is 12.0. The van der Waals surface area contributed by atoms with Crippen molar-refractivity contribution >= 4 is 0 Å². The monoisotopic (exact) mass is 279 g/mol. The van der Waals surface area contributed by atoms with Gasteiger partial charge in [-0.15, -0.1) is 0 Å². The molecule has 2 fully saturated rings. The minimum absolute atomic E-state index is 0.889. The molecule has 0 aromatic rings. The van der Waals surface area contributed by atoms with Crippen LogP contribution in [0, 0.1) is 35.5 Å². The lowest BCUT2D eigenvalue weighted by Gasteiger charge is -2.44. The van der Waals surface area contributed by atoms with Crippen LogP contribution in [0.3, 0.4) is 0 Å². The molecular formula is C19H37N. The number of hydrogen-bond donors (Lipinski definition) is 1. The first kappa shape index (κ1) is 16.3. The van der Waals surface area contributed by atoms with Crippen LogP contribution in [-0.4, -0.2) is 13.1 Å². The van der Waals surface area contributed by atoms with E-state index in [0.717, 1.165) is 42.1 Å². The van der Waals surface area contributed by atoms with Gasteiger partial charge in [0.1, 0.15) is 0 Å². The van der Waals surface area contributed by atoms with Gasteiger partial charge in [-0.2, -0.15) is 0 Å². The van der Waals surface area contributed by atoms with Crippen LogP contribution in [0.1, 0.15) is 72.6 Å². The van der Waals surface area contributed by atoms with E-state index in [0.29, 0.717) is 0 Å². The van der Waals surface area contributed by atoms with Crippen LogP contribution < -0.4 is 5.32 Å². The predicted octanol–water partition coefficient (Wildman–Crippen LogP) is 5.11. The Hall–Kier alpha value is -0.0400. The van der Waals surface area contributed by atoms with Crippen LogP contribution in [0.15, 0.2) is 0 Å². The second kappa shape index (κ2) is 7.82. The van der Waals surface area contributed by atoms with Crippen LogP contribution >= 0.6 is 0 Å². The first-order valence-corrected chi connectivity index (χ1v) is 9.32. The van der Waals surface area contributed by atoms with E-state index >= 15 is 0 Å². The molecule has 0 heterocycles. The molecule has 0 amide bonds. The summed E-state index contributed by atoms with van der Waals surface area (Å²) in [6.07, 6.45) is 10.5. The SMILES string of the molecule is CCNCC1CCC(C(C)C)CC1C1CCC(C)CC1. The zero-order valence-electron chi connectivity index (χ0n) is 14.3. The lowest BCUT2D eigenvalue weighted by Crippen LogP contribution is -2.39. The molecule has 0 aliphatic heterocycles. The fraction of sp³-hybridized carbons (Fsp3) is 1.00. The maximum absolute atomic E-state index is 3.64. The maximum Gasteiger partial charge on any atom is -0.00179 e. The van der Waals surface area contributed by atoms with E-state index in [1.54, 1.807) is 0 Å². The van der Waals surface area contributed by atoms with Crippen molar-refractivity contribution in [3.05, 3.63) is 0 Å². The fourth-order valence-corrected chi connectivity index (χ4v) is 4.78. The molecule has 0 spiro atoms. The number of nitrogens with one attached hydrogen (secondary N) is 1. The molecule has 20 heavy (non-hydrogen) atoms. The van der Waals surface area contributed by atoms with Gasteiger partial charge in [-0.05, 0) is 80.7 Å². The predicted molar refractivity (Wildman–Crippen MR) is 88.8 cm³/mol. The Labute approximate surface area is 127 Å². The van der Waals surface area contributed by atoms with E-state index in [4.69, 9.17) is 0 Å². The molecule has 0 bridgehead atoms.